The lowest BCUT2D eigenvalue weighted by molar-refractivity contribution is -0.114. The van der Waals surface area contributed by atoms with E-state index < -0.39 is 41.3 Å². The monoisotopic (exact) mass is 338 g/mol. The first-order valence-electron chi connectivity index (χ1n) is 5.95. The van der Waals surface area contributed by atoms with Crippen LogP contribution in [0.5, 0.6) is 0 Å². The quantitative estimate of drug-likeness (QED) is 0.540. The van der Waals surface area contributed by atoms with Crippen molar-refractivity contribution in [1.82, 2.24) is 0 Å². The molecule has 0 aliphatic carbocycles. The Balaban J connectivity index is 5.65. The van der Waals surface area contributed by atoms with Crippen molar-refractivity contribution in [2.45, 2.75) is 20.3 Å². The van der Waals surface area contributed by atoms with Gasteiger partial charge in [0, 0.05) is 0 Å². The molecule has 0 aromatic rings. The third-order valence-electron chi connectivity index (χ3n) is 2.52. The molecule has 0 aromatic carbocycles. The summed E-state index contributed by atoms with van der Waals surface area (Å²) in [5, 5.41) is 0. The summed E-state index contributed by atoms with van der Waals surface area (Å²) in [7, 11) is -7.65. The first-order valence-corrected chi connectivity index (χ1v) is 9.25. The number of sulfone groups is 2. The van der Waals surface area contributed by atoms with Gasteiger partial charge in [-0.05, 0) is 6.42 Å². The van der Waals surface area contributed by atoms with Crippen LogP contribution in [0.1, 0.15) is 20.3 Å². The fourth-order valence-corrected chi connectivity index (χ4v) is 3.28. The van der Waals surface area contributed by atoms with E-state index >= 15 is 0 Å². The molecule has 10 heteroatoms. The summed E-state index contributed by atoms with van der Waals surface area (Å²) in [5.74, 6) is -2.96. The van der Waals surface area contributed by atoms with Gasteiger partial charge in [-0.1, -0.05) is 26.0 Å². The second-order valence-electron chi connectivity index (χ2n) is 3.91. The second kappa shape index (κ2) is 7.36. The minimum atomic E-state index is -3.83. The topological polar surface area (TPSA) is 154 Å². The summed E-state index contributed by atoms with van der Waals surface area (Å²) in [4.78, 5) is 21.0. The lowest BCUT2D eigenvalue weighted by atomic mass is 10.3. The van der Waals surface area contributed by atoms with Crippen LogP contribution in [0.3, 0.4) is 0 Å². The first-order chi connectivity index (χ1) is 9.49. The van der Waals surface area contributed by atoms with E-state index in [2.05, 4.69) is 0 Å². The normalized spacial score (nSPS) is 14.0. The predicted molar refractivity (Wildman–Crippen MR) is 78.1 cm³/mol. The molecule has 120 valence electrons. The molecule has 21 heavy (non-hydrogen) atoms. The van der Waals surface area contributed by atoms with E-state index in [1.54, 1.807) is 0 Å². The zero-order valence-electron chi connectivity index (χ0n) is 11.7. The van der Waals surface area contributed by atoms with Crippen molar-refractivity contribution in [2.75, 3.05) is 11.5 Å². The van der Waals surface area contributed by atoms with E-state index in [1.807, 2.05) is 0 Å². The van der Waals surface area contributed by atoms with Gasteiger partial charge in [-0.2, -0.15) is 0 Å². The van der Waals surface area contributed by atoms with Crippen LogP contribution in [0.15, 0.2) is 22.0 Å². The van der Waals surface area contributed by atoms with Crippen LogP contribution < -0.4 is 11.5 Å². The lowest BCUT2D eigenvalue weighted by Crippen LogP contribution is -2.23. The van der Waals surface area contributed by atoms with E-state index in [-0.39, 0.29) is 17.9 Å². The molecule has 0 saturated heterocycles. The van der Waals surface area contributed by atoms with Gasteiger partial charge in [-0.3, -0.25) is 9.59 Å². The number of carbonyl (C=O) groups is 2. The third-order valence-corrected chi connectivity index (χ3v) is 6.12. The Morgan fingerprint density at radius 3 is 1.29 bits per heavy atom. The molecule has 0 bridgehead atoms. The Bertz CT molecular complexity index is 626. The van der Waals surface area contributed by atoms with Crippen LogP contribution in [-0.2, 0) is 29.3 Å². The molecule has 0 rings (SSSR count). The predicted octanol–water partition coefficient (Wildman–Crippen LogP) is -1.02. The lowest BCUT2D eigenvalue weighted by Gasteiger charge is -2.04. The van der Waals surface area contributed by atoms with Gasteiger partial charge in [-0.15, -0.1) is 0 Å². The van der Waals surface area contributed by atoms with E-state index in [1.165, 1.54) is 13.8 Å². The molecular weight excluding hydrogens is 320 g/mol. The molecule has 2 amide bonds. The summed E-state index contributed by atoms with van der Waals surface area (Å²) in [5.41, 5.74) is 9.94. The zero-order valence-corrected chi connectivity index (χ0v) is 13.3. The standard InChI is InChI=1S/C11H18N2O6S2/c1-3-20(16,17)8(10(12)14)6-5-7-9(11(13)15)21(18,19)4-2/h6-7H,3-5H2,1-2H3,(H2,12,14)(H2,13,15). The fourth-order valence-electron chi connectivity index (χ4n) is 1.35. The Labute approximate surface area is 123 Å². The summed E-state index contributed by atoms with van der Waals surface area (Å²) < 4.78 is 46.4. The number of hydrogen-bond acceptors (Lipinski definition) is 6. The van der Waals surface area contributed by atoms with Crippen LogP contribution in [-0.4, -0.2) is 40.2 Å². The Hall–Kier alpha value is -1.68. The molecule has 0 aliphatic rings. The van der Waals surface area contributed by atoms with Gasteiger partial charge in [0.05, 0.1) is 11.5 Å². The van der Waals surface area contributed by atoms with Crippen LogP contribution in [0.4, 0.5) is 0 Å². The van der Waals surface area contributed by atoms with E-state index in [9.17, 15) is 26.4 Å². The van der Waals surface area contributed by atoms with Gasteiger partial charge in [-0.25, -0.2) is 16.8 Å². The molecule has 0 radical (unpaired) electrons. The highest BCUT2D eigenvalue weighted by molar-refractivity contribution is 7.96. The Morgan fingerprint density at radius 1 is 0.810 bits per heavy atom. The smallest absolute Gasteiger partial charge is 0.259 e. The molecular formula is C11H18N2O6S2. The third kappa shape index (κ3) is 5.31. The number of primary amides is 2. The van der Waals surface area contributed by atoms with Crippen LogP contribution >= 0.6 is 0 Å². The highest BCUT2D eigenvalue weighted by atomic mass is 32.2. The van der Waals surface area contributed by atoms with Crippen molar-refractivity contribution in [3.8, 4) is 0 Å². The highest BCUT2D eigenvalue weighted by Gasteiger charge is 2.22. The molecule has 8 nitrogen and oxygen atoms in total. The molecule has 0 unspecified atom stereocenters. The minimum Gasteiger partial charge on any atom is -0.365 e. The molecule has 0 fully saturated rings. The summed E-state index contributed by atoms with van der Waals surface area (Å²) >= 11 is 0. The zero-order chi connectivity index (χ0) is 16.8. The van der Waals surface area contributed by atoms with E-state index in [0.29, 0.717) is 0 Å². The molecule has 0 aliphatic heterocycles. The maximum atomic E-state index is 11.6. The Kier molecular flexibility index (Phi) is 6.77. The summed E-state index contributed by atoms with van der Waals surface area (Å²) in [6, 6.07) is 0. The summed E-state index contributed by atoms with van der Waals surface area (Å²) in [6.07, 6.45) is 1.62. The average Bonchev–Trinajstić information content (AvgIpc) is 2.37. The molecule has 0 atom stereocenters. The first kappa shape index (κ1) is 19.3. The number of rotatable bonds is 8. The van der Waals surface area contributed by atoms with Gasteiger partial charge in [0.25, 0.3) is 11.8 Å². The highest BCUT2D eigenvalue weighted by Crippen LogP contribution is 2.12. The largest absolute Gasteiger partial charge is 0.365 e. The van der Waals surface area contributed by atoms with E-state index in [0.717, 1.165) is 12.2 Å². The molecule has 0 saturated carbocycles. The molecule has 0 aromatic heterocycles. The van der Waals surface area contributed by atoms with Crippen molar-refractivity contribution in [3.05, 3.63) is 22.0 Å². The molecule has 0 heterocycles. The number of nitrogens with two attached hydrogens (primary N) is 2. The maximum absolute atomic E-state index is 11.6. The molecule has 0 spiro atoms. The van der Waals surface area contributed by atoms with Gasteiger partial charge >= 0.3 is 0 Å². The molecule has 4 N–H and O–H groups in total. The summed E-state index contributed by atoms with van der Waals surface area (Å²) in [6.45, 7) is 2.66. The number of carbonyl (C=O) groups excluding carboxylic acids is 2. The van der Waals surface area contributed by atoms with Crippen molar-refractivity contribution in [3.63, 3.8) is 0 Å². The van der Waals surface area contributed by atoms with Crippen LogP contribution in [0, 0.1) is 0 Å². The second-order valence-corrected chi connectivity index (χ2v) is 8.40. The maximum Gasteiger partial charge on any atom is 0.259 e. The van der Waals surface area contributed by atoms with Crippen molar-refractivity contribution >= 4 is 31.5 Å². The van der Waals surface area contributed by atoms with Crippen molar-refractivity contribution < 1.29 is 26.4 Å². The van der Waals surface area contributed by atoms with Crippen molar-refractivity contribution in [1.29, 1.82) is 0 Å². The van der Waals surface area contributed by atoms with Crippen molar-refractivity contribution in [2.24, 2.45) is 11.5 Å². The number of hydrogen-bond donors (Lipinski definition) is 2. The SMILES string of the molecule is CCS(=O)(=O)C(=CCC=C(C(N)=O)S(=O)(=O)CC)C(N)=O. The fraction of sp³-hybridized carbons (Fsp3) is 0.455. The Morgan fingerprint density at radius 2 is 1.10 bits per heavy atom. The van der Waals surface area contributed by atoms with Crippen LogP contribution in [0.25, 0.3) is 0 Å². The van der Waals surface area contributed by atoms with Gasteiger partial charge < -0.3 is 11.5 Å². The number of amides is 2. The van der Waals surface area contributed by atoms with Gasteiger partial charge in [0.15, 0.2) is 19.7 Å². The average molecular weight is 338 g/mol. The van der Waals surface area contributed by atoms with Gasteiger partial charge in [0.2, 0.25) is 0 Å². The van der Waals surface area contributed by atoms with Crippen LogP contribution in [0.2, 0.25) is 0 Å². The number of allylic oxidation sites excluding steroid dienone is 2. The van der Waals surface area contributed by atoms with E-state index in [4.69, 9.17) is 11.5 Å². The van der Waals surface area contributed by atoms with Gasteiger partial charge in [0.1, 0.15) is 9.81 Å². The minimum absolute atomic E-state index is 0.283.